The SMILES string of the molecule is COc1ccc(C#CCCN)cc1F. The van der Waals surface area contributed by atoms with Crippen molar-refractivity contribution in [1.29, 1.82) is 0 Å². The maximum absolute atomic E-state index is 13.1. The quantitative estimate of drug-likeness (QED) is 0.723. The van der Waals surface area contributed by atoms with Gasteiger partial charge in [0.25, 0.3) is 0 Å². The predicted molar refractivity (Wildman–Crippen MR) is 53.5 cm³/mol. The molecule has 1 aromatic carbocycles. The van der Waals surface area contributed by atoms with Gasteiger partial charge in [0.15, 0.2) is 11.6 Å². The van der Waals surface area contributed by atoms with Crippen molar-refractivity contribution < 1.29 is 9.13 Å². The summed E-state index contributed by atoms with van der Waals surface area (Å²) in [6, 6.07) is 4.62. The Morgan fingerprint density at radius 3 is 2.86 bits per heavy atom. The Morgan fingerprint density at radius 2 is 2.29 bits per heavy atom. The molecule has 0 atom stereocenters. The van der Waals surface area contributed by atoms with E-state index in [0.717, 1.165) is 0 Å². The molecule has 0 aliphatic carbocycles. The number of ether oxygens (including phenoxy) is 1. The summed E-state index contributed by atoms with van der Waals surface area (Å²) in [5.74, 6) is 5.48. The van der Waals surface area contributed by atoms with Gasteiger partial charge < -0.3 is 10.5 Å². The van der Waals surface area contributed by atoms with Crippen LogP contribution in [0.1, 0.15) is 12.0 Å². The molecule has 2 nitrogen and oxygen atoms in total. The number of benzene rings is 1. The summed E-state index contributed by atoms with van der Waals surface area (Å²) in [5, 5.41) is 0. The molecule has 1 rings (SSSR count). The number of rotatable bonds is 2. The van der Waals surface area contributed by atoms with Gasteiger partial charge in [-0.15, -0.1) is 0 Å². The second-order valence-electron chi connectivity index (χ2n) is 2.69. The number of hydrogen-bond acceptors (Lipinski definition) is 2. The molecule has 74 valence electrons. The van der Waals surface area contributed by atoms with E-state index in [-0.39, 0.29) is 5.75 Å². The van der Waals surface area contributed by atoms with Crippen molar-refractivity contribution >= 4 is 0 Å². The Bertz CT molecular complexity index is 365. The highest BCUT2D eigenvalue weighted by atomic mass is 19.1. The van der Waals surface area contributed by atoms with Crippen molar-refractivity contribution in [3.8, 4) is 17.6 Å². The first-order valence-corrected chi connectivity index (χ1v) is 4.30. The predicted octanol–water partition coefficient (Wildman–Crippen LogP) is 1.53. The van der Waals surface area contributed by atoms with Crippen molar-refractivity contribution in [1.82, 2.24) is 0 Å². The minimum atomic E-state index is -0.396. The molecule has 0 fully saturated rings. The fraction of sp³-hybridized carbons (Fsp3) is 0.273. The van der Waals surface area contributed by atoms with Crippen LogP contribution >= 0.6 is 0 Å². The van der Waals surface area contributed by atoms with Gasteiger partial charge in [0.1, 0.15) is 0 Å². The lowest BCUT2D eigenvalue weighted by atomic mass is 10.2. The summed E-state index contributed by atoms with van der Waals surface area (Å²) in [6.07, 6.45) is 0.619. The summed E-state index contributed by atoms with van der Waals surface area (Å²) in [7, 11) is 1.43. The lowest BCUT2D eigenvalue weighted by Gasteiger charge is -2.00. The third kappa shape index (κ3) is 2.75. The second kappa shape index (κ2) is 5.25. The molecule has 14 heavy (non-hydrogen) atoms. The Kier molecular flexibility index (Phi) is 3.96. The number of nitrogens with two attached hydrogens (primary N) is 1. The minimum Gasteiger partial charge on any atom is -0.494 e. The number of hydrogen-bond donors (Lipinski definition) is 1. The summed E-state index contributed by atoms with van der Waals surface area (Å²) >= 11 is 0. The maximum atomic E-state index is 13.1. The van der Waals surface area contributed by atoms with Crippen LogP contribution in [0.3, 0.4) is 0 Å². The van der Waals surface area contributed by atoms with Gasteiger partial charge in [-0.2, -0.15) is 0 Å². The van der Waals surface area contributed by atoms with Gasteiger partial charge in [0.05, 0.1) is 7.11 Å². The first-order chi connectivity index (χ1) is 6.77. The Morgan fingerprint density at radius 1 is 1.50 bits per heavy atom. The molecule has 0 saturated carbocycles. The molecule has 0 unspecified atom stereocenters. The van der Waals surface area contributed by atoms with Crippen LogP contribution in [0.5, 0.6) is 5.75 Å². The van der Waals surface area contributed by atoms with Gasteiger partial charge in [-0.05, 0) is 18.2 Å². The molecular formula is C11H12FNO. The first kappa shape index (κ1) is 10.6. The smallest absolute Gasteiger partial charge is 0.166 e. The molecule has 0 aliphatic rings. The van der Waals surface area contributed by atoms with E-state index in [9.17, 15) is 4.39 Å². The molecule has 0 amide bonds. The molecule has 0 bridgehead atoms. The van der Waals surface area contributed by atoms with Crippen molar-refractivity contribution in [2.75, 3.05) is 13.7 Å². The van der Waals surface area contributed by atoms with Crippen LogP contribution in [0.15, 0.2) is 18.2 Å². The van der Waals surface area contributed by atoms with Crippen LogP contribution in [0.25, 0.3) is 0 Å². The molecule has 0 aliphatic heterocycles. The van der Waals surface area contributed by atoms with E-state index in [2.05, 4.69) is 11.8 Å². The van der Waals surface area contributed by atoms with Gasteiger partial charge in [0.2, 0.25) is 0 Å². The van der Waals surface area contributed by atoms with Crippen molar-refractivity contribution in [2.45, 2.75) is 6.42 Å². The van der Waals surface area contributed by atoms with Gasteiger partial charge in [-0.25, -0.2) is 4.39 Å². The minimum absolute atomic E-state index is 0.231. The highest BCUT2D eigenvalue weighted by molar-refractivity contribution is 5.39. The normalized spacial score (nSPS) is 9.07. The van der Waals surface area contributed by atoms with Gasteiger partial charge in [-0.3, -0.25) is 0 Å². The van der Waals surface area contributed by atoms with E-state index >= 15 is 0 Å². The maximum Gasteiger partial charge on any atom is 0.166 e. The Labute approximate surface area is 82.9 Å². The van der Waals surface area contributed by atoms with E-state index in [4.69, 9.17) is 10.5 Å². The number of methoxy groups -OCH3 is 1. The third-order valence-electron chi connectivity index (χ3n) is 1.65. The topological polar surface area (TPSA) is 35.2 Å². The molecule has 3 heteroatoms. The van der Waals surface area contributed by atoms with Crippen LogP contribution in [0, 0.1) is 17.7 Å². The zero-order valence-corrected chi connectivity index (χ0v) is 8.01. The van der Waals surface area contributed by atoms with Crippen molar-refractivity contribution in [3.63, 3.8) is 0 Å². The molecule has 0 heterocycles. The summed E-state index contributed by atoms with van der Waals surface area (Å²) < 4.78 is 17.9. The van der Waals surface area contributed by atoms with Crippen LogP contribution in [-0.2, 0) is 0 Å². The molecule has 0 aromatic heterocycles. The molecule has 0 saturated heterocycles. The Balaban J connectivity index is 2.82. The second-order valence-corrected chi connectivity index (χ2v) is 2.69. The van der Waals surface area contributed by atoms with Gasteiger partial charge >= 0.3 is 0 Å². The van der Waals surface area contributed by atoms with Crippen molar-refractivity contribution in [3.05, 3.63) is 29.6 Å². The van der Waals surface area contributed by atoms with E-state index in [0.29, 0.717) is 18.5 Å². The highest BCUT2D eigenvalue weighted by Gasteiger charge is 2.00. The molecule has 0 radical (unpaired) electrons. The lowest BCUT2D eigenvalue weighted by molar-refractivity contribution is 0.386. The molecular weight excluding hydrogens is 181 g/mol. The van der Waals surface area contributed by atoms with Crippen LogP contribution < -0.4 is 10.5 Å². The fourth-order valence-electron chi connectivity index (χ4n) is 0.981. The van der Waals surface area contributed by atoms with Gasteiger partial charge in [-0.1, -0.05) is 11.8 Å². The zero-order chi connectivity index (χ0) is 10.4. The van der Waals surface area contributed by atoms with E-state index in [1.165, 1.54) is 13.2 Å². The van der Waals surface area contributed by atoms with Crippen molar-refractivity contribution in [2.24, 2.45) is 5.73 Å². The zero-order valence-electron chi connectivity index (χ0n) is 8.01. The summed E-state index contributed by atoms with van der Waals surface area (Å²) in [6.45, 7) is 0.519. The summed E-state index contributed by atoms with van der Waals surface area (Å²) in [4.78, 5) is 0. The molecule has 0 spiro atoms. The van der Waals surface area contributed by atoms with E-state index in [1.807, 2.05) is 0 Å². The van der Waals surface area contributed by atoms with Crippen LogP contribution in [0.2, 0.25) is 0 Å². The third-order valence-corrected chi connectivity index (χ3v) is 1.65. The van der Waals surface area contributed by atoms with E-state index in [1.54, 1.807) is 12.1 Å². The lowest BCUT2D eigenvalue weighted by Crippen LogP contribution is -1.95. The fourth-order valence-corrected chi connectivity index (χ4v) is 0.981. The average molecular weight is 193 g/mol. The van der Waals surface area contributed by atoms with E-state index < -0.39 is 5.82 Å². The number of halogens is 1. The largest absolute Gasteiger partial charge is 0.494 e. The molecule has 1 aromatic rings. The Hall–Kier alpha value is -1.53. The highest BCUT2D eigenvalue weighted by Crippen LogP contribution is 2.16. The van der Waals surface area contributed by atoms with Crippen LogP contribution in [-0.4, -0.2) is 13.7 Å². The van der Waals surface area contributed by atoms with Gasteiger partial charge in [0, 0.05) is 18.5 Å². The monoisotopic (exact) mass is 193 g/mol. The first-order valence-electron chi connectivity index (χ1n) is 4.30. The molecule has 2 N–H and O–H groups in total. The average Bonchev–Trinajstić information content (AvgIpc) is 2.18. The summed E-state index contributed by atoms with van der Waals surface area (Å²) in [5.41, 5.74) is 5.91. The van der Waals surface area contributed by atoms with Crippen LogP contribution in [0.4, 0.5) is 4.39 Å². The standard InChI is InChI=1S/C11H12FNO/c1-14-11-6-5-9(8-10(11)12)4-2-3-7-13/h5-6,8H,3,7,13H2,1H3.